The molecule has 0 amide bonds. The molecule has 0 aliphatic heterocycles. The Labute approximate surface area is 124 Å². The second-order valence-electron chi connectivity index (χ2n) is 5.97. The van der Waals surface area contributed by atoms with Crippen LogP contribution in [0.5, 0.6) is 5.75 Å². The van der Waals surface area contributed by atoms with E-state index < -0.39 is 0 Å². The van der Waals surface area contributed by atoms with Gasteiger partial charge in [0.25, 0.3) is 0 Å². The maximum Gasteiger partial charge on any atom is 0.125 e. The second-order valence-corrected chi connectivity index (χ2v) is 5.97. The summed E-state index contributed by atoms with van der Waals surface area (Å²) in [5.41, 5.74) is 10.5. The third-order valence-electron chi connectivity index (χ3n) is 4.96. The number of nitrogens with one attached hydrogen (secondary N) is 1. The van der Waals surface area contributed by atoms with E-state index >= 15 is 0 Å². The number of ether oxygens (including phenoxy) is 1. The molecule has 1 aliphatic rings. The van der Waals surface area contributed by atoms with Crippen LogP contribution in [0.1, 0.15) is 27.8 Å². The number of benzene rings is 2. The molecule has 1 aromatic heterocycles. The predicted molar refractivity (Wildman–Crippen MR) is 87.3 cm³/mol. The predicted octanol–water partition coefficient (Wildman–Crippen LogP) is 4.67. The SMILES string of the molecule is COc1c(C)c(C)c2[nH]c3c(c2c1C)Cc1ccccc1-3. The molecular formula is C19H19NO. The average molecular weight is 277 g/mol. The number of hydrogen-bond donors (Lipinski definition) is 1. The summed E-state index contributed by atoms with van der Waals surface area (Å²) in [4.78, 5) is 3.68. The first-order valence-corrected chi connectivity index (χ1v) is 7.40. The fourth-order valence-corrected chi connectivity index (χ4v) is 3.81. The van der Waals surface area contributed by atoms with E-state index in [1.54, 1.807) is 7.11 Å². The van der Waals surface area contributed by atoms with Crippen LogP contribution in [0.4, 0.5) is 0 Å². The van der Waals surface area contributed by atoms with Crippen LogP contribution in [-0.2, 0) is 6.42 Å². The Bertz CT molecular complexity index is 886. The van der Waals surface area contributed by atoms with Gasteiger partial charge in [-0.25, -0.2) is 0 Å². The average Bonchev–Trinajstić information content (AvgIpc) is 3.01. The summed E-state index contributed by atoms with van der Waals surface area (Å²) in [5.74, 6) is 1.03. The van der Waals surface area contributed by atoms with Crippen LogP contribution in [0.25, 0.3) is 22.2 Å². The molecular weight excluding hydrogens is 258 g/mol. The number of hydrogen-bond acceptors (Lipinski definition) is 1. The lowest BCUT2D eigenvalue weighted by atomic mass is 9.97. The highest BCUT2D eigenvalue weighted by Gasteiger charge is 2.26. The third-order valence-corrected chi connectivity index (χ3v) is 4.96. The van der Waals surface area contributed by atoms with Crippen LogP contribution in [0, 0.1) is 20.8 Å². The molecule has 2 nitrogen and oxygen atoms in total. The second kappa shape index (κ2) is 4.14. The molecule has 3 aromatic rings. The van der Waals surface area contributed by atoms with Crippen molar-refractivity contribution in [3.8, 4) is 17.0 Å². The normalized spacial score (nSPS) is 12.6. The molecule has 106 valence electrons. The molecule has 0 saturated carbocycles. The summed E-state index contributed by atoms with van der Waals surface area (Å²) in [6, 6.07) is 8.68. The highest BCUT2D eigenvalue weighted by atomic mass is 16.5. The van der Waals surface area contributed by atoms with Gasteiger partial charge in [0.1, 0.15) is 5.75 Å². The fraction of sp³-hybridized carbons (Fsp3) is 0.263. The van der Waals surface area contributed by atoms with Gasteiger partial charge >= 0.3 is 0 Å². The summed E-state index contributed by atoms with van der Waals surface area (Å²) in [6.07, 6.45) is 1.01. The van der Waals surface area contributed by atoms with E-state index in [-0.39, 0.29) is 0 Å². The molecule has 0 atom stereocenters. The molecule has 0 fully saturated rings. The van der Waals surface area contributed by atoms with Crippen LogP contribution < -0.4 is 4.74 Å². The van der Waals surface area contributed by atoms with Crippen molar-refractivity contribution in [3.63, 3.8) is 0 Å². The topological polar surface area (TPSA) is 25.0 Å². The van der Waals surface area contributed by atoms with Gasteiger partial charge in [-0.2, -0.15) is 0 Å². The largest absolute Gasteiger partial charge is 0.496 e. The number of aromatic amines is 1. The van der Waals surface area contributed by atoms with Crippen LogP contribution in [-0.4, -0.2) is 12.1 Å². The van der Waals surface area contributed by atoms with Crippen molar-refractivity contribution in [2.75, 3.05) is 7.11 Å². The Morgan fingerprint density at radius 1 is 1.00 bits per heavy atom. The Morgan fingerprint density at radius 2 is 1.76 bits per heavy atom. The molecule has 21 heavy (non-hydrogen) atoms. The van der Waals surface area contributed by atoms with Gasteiger partial charge in [-0.3, -0.25) is 0 Å². The van der Waals surface area contributed by atoms with Crippen molar-refractivity contribution in [2.24, 2.45) is 0 Å². The quantitative estimate of drug-likeness (QED) is 0.537. The van der Waals surface area contributed by atoms with Crippen LogP contribution in [0.3, 0.4) is 0 Å². The lowest BCUT2D eigenvalue weighted by Crippen LogP contribution is -1.96. The highest BCUT2D eigenvalue weighted by Crippen LogP contribution is 2.45. The van der Waals surface area contributed by atoms with Crippen molar-refractivity contribution in [1.29, 1.82) is 0 Å². The van der Waals surface area contributed by atoms with Gasteiger partial charge < -0.3 is 9.72 Å². The zero-order valence-electron chi connectivity index (χ0n) is 12.9. The van der Waals surface area contributed by atoms with Gasteiger partial charge in [0.2, 0.25) is 0 Å². The molecule has 0 unspecified atom stereocenters. The summed E-state index contributed by atoms with van der Waals surface area (Å²) in [6.45, 7) is 6.49. The Hall–Kier alpha value is -2.22. The molecule has 1 N–H and O–H groups in total. The van der Waals surface area contributed by atoms with Gasteiger partial charge in [0.05, 0.1) is 12.8 Å². The van der Waals surface area contributed by atoms with Crippen molar-refractivity contribution in [1.82, 2.24) is 4.98 Å². The van der Waals surface area contributed by atoms with E-state index in [9.17, 15) is 0 Å². The number of H-pyrrole nitrogens is 1. The molecule has 1 aliphatic carbocycles. The molecule has 0 bridgehead atoms. The lowest BCUT2D eigenvalue weighted by Gasteiger charge is -2.14. The van der Waals surface area contributed by atoms with E-state index in [4.69, 9.17) is 4.74 Å². The number of aromatic nitrogens is 1. The van der Waals surface area contributed by atoms with Crippen LogP contribution in [0.2, 0.25) is 0 Å². The van der Waals surface area contributed by atoms with E-state index in [0.717, 1.165) is 12.2 Å². The monoisotopic (exact) mass is 277 g/mol. The number of aryl methyl sites for hydroxylation is 2. The van der Waals surface area contributed by atoms with Crippen LogP contribution in [0.15, 0.2) is 24.3 Å². The lowest BCUT2D eigenvalue weighted by molar-refractivity contribution is 0.409. The first-order chi connectivity index (χ1) is 10.1. The Balaban J connectivity index is 2.13. The minimum Gasteiger partial charge on any atom is -0.496 e. The van der Waals surface area contributed by atoms with Crippen molar-refractivity contribution >= 4 is 10.9 Å². The number of rotatable bonds is 1. The minimum atomic E-state index is 1.01. The molecule has 0 spiro atoms. The molecule has 2 heteroatoms. The Kier molecular flexibility index (Phi) is 2.47. The summed E-state index contributed by atoms with van der Waals surface area (Å²) < 4.78 is 5.66. The Morgan fingerprint density at radius 3 is 2.52 bits per heavy atom. The smallest absolute Gasteiger partial charge is 0.125 e. The van der Waals surface area contributed by atoms with Crippen molar-refractivity contribution < 1.29 is 4.74 Å². The molecule has 1 heterocycles. The summed E-state index contributed by atoms with van der Waals surface area (Å²) in [7, 11) is 1.77. The molecule has 2 aromatic carbocycles. The summed E-state index contributed by atoms with van der Waals surface area (Å²) in [5, 5.41) is 1.35. The van der Waals surface area contributed by atoms with Crippen molar-refractivity contribution in [2.45, 2.75) is 27.2 Å². The molecule has 0 radical (unpaired) electrons. The number of fused-ring (bicyclic) bond motifs is 5. The maximum absolute atomic E-state index is 5.66. The van der Waals surface area contributed by atoms with E-state index in [1.165, 1.54) is 50.0 Å². The summed E-state index contributed by atoms with van der Waals surface area (Å²) >= 11 is 0. The fourth-order valence-electron chi connectivity index (χ4n) is 3.81. The van der Waals surface area contributed by atoms with E-state index in [2.05, 4.69) is 50.0 Å². The standard InChI is InChI=1S/C19H19NO/c1-10-11(2)19(21-4)12(3)16-15-9-13-7-5-6-8-14(13)18(15)20-17(10)16/h5-8,20H,9H2,1-4H3. The third kappa shape index (κ3) is 1.48. The maximum atomic E-state index is 5.66. The first-order valence-electron chi connectivity index (χ1n) is 7.40. The van der Waals surface area contributed by atoms with Crippen molar-refractivity contribution in [3.05, 3.63) is 52.1 Å². The first kappa shape index (κ1) is 12.5. The van der Waals surface area contributed by atoms with Gasteiger partial charge in [-0.05, 0) is 43.0 Å². The van der Waals surface area contributed by atoms with E-state index in [0.29, 0.717) is 0 Å². The van der Waals surface area contributed by atoms with Gasteiger partial charge in [0.15, 0.2) is 0 Å². The zero-order chi connectivity index (χ0) is 14.7. The number of methoxy groups -OCH3 is 1. The van der Waals surface area contributed by atoms with Crippen LogP contribution >= 0.6 is 0 Å². The van der Waals surface area contributed by atoms with Gasteiger partial charge in [-0.15, -0.1) is 0 Å². The van der Waals surface area contributed by atoms with Gasteiger partial charge in [-0.1, -0.05) is 24.3 Å². The highest BCUT2D eigenvalue weighted by molar-refractivity contribution is 5.99. The molecule has 4 rings (SSSR count). The van der Waals surface area contributed by atoms with Gasteiger partial charge in [0, 0.05) is 28.5 Å². The zero-order valence-corrected chi connectivity index (χ0v) is 12.9. The minimum absolute atomic E-state index is 1.01. The van der Waals surface area contributed by atoms with E-state index in [1.807, 2.05) is 0 Å². The molecule has 0 saturated heterocycles.